The van der Waals surface area contributed by atoms with Gasteiger partial charge in [-0.3, -0.25) is 9.69 Å². The number of carbonyl (C=O) groups is 1. The Morgan fingerprint density at radius 3 is 2.75 bits per heavy atom. The van der Waals surface area contributed by atoms with Crippen molar-refractivity contribution in [3.8, 4) is 5.75 Å². The van der Waals surface area contributed by atoms with Gasteiger partial charge in [0.05, 0.1) is 22.9 Å². The van der Waals surface area contributed by atoms with Crippen molar-refractivity contribution < 1.29 is 14.3 Å². The minimum Gasteiger partial charge on any atom is -0.484 e. The molecule has 28 heavy (non-hydrogen) atoms. The van der Waals surface area contributed by atoms with Gasteiger partial charge in [-0.05, 0) is 56.5 Å². The van der Waals surface area contributed by atoms with Crippen LogP contribution in [0.1, 0.15) is 24.0 Å². The number of nitrogens with zero attached hydrogens (tertiary/aromatic N) is 2. The molecule has 1 aliphatic heterocycles. The van der Waals surface area contributed by atoms with Crippen molar-refractivity contribution in [3.63, 3.8) is 0 Å². The first-order valence-corrected chi connectivity index (χ1v) is 10.4. The maximum atomic E-state index is 13.0. The molecule has 0 radical (unpaired) electrons. The molecular weight excluding hydrogens is 372 g/mol. The molecule has 4 rings (SSSR count). The molecule has 3 aromatic rings. The Balaban J connectivity index is 1.54. The number of aromatic nitrogens is 1. The highest BCUT2D eigenvalue weighted by Crippen LogP contribution is 2.30. The molecule has 0 N–H and O–H groups in total. The Morgan fingerprint density at radius 2 is 2.00 bits per heavy atom. The molecule has 1 aromatic heterocycles. The molecule has 1 atom stereocenters. The molecule has 1 unspecified atom stereocenters. The zero-order chi connectivity index (χ0) is 19.5. The number of benzene rings is 2. The predicted octanol–water partition coefficient (Wildman–Crippen LogP) is 4.50. The summed E-state index contributed by atoms with van der Waals surface area (Å²) in [5.74, 6) is 0.586. The topological polar surface area (TPSA) is 51.7 Å². The van der Waals surface area contributed by atoms with Crippen LogP contribution in [0.15, 0.2) is 42.5 Å². The SMILES string of the molecule is Cc1ccc(OCC(=O)N(CC2CCCO2)c2nc3ccc(C)cc3s2)cc1. The van der Waals surface area contributed by atoms with Crippen LogP contribution in [0.2, 0.25) is 0 Å². The van der Waals surface area contributed by atoms with E-state index in [1.807, 2.05) is 43.3 Å². The highest BCUT2D eigenvalue weighted by Gasteiger charge is 2.26. The summed E-state index contributed by atoms with van der Waals surface area (Å²) in [6.07, 6.45) is 2.05. The number of thiazole rings is 1. The number of fused-ring (bicyclic) bond motifs is 1. The molecule has 0 saturated carbocycles. The molecule has 1 aliphatic rings. The van der Waals surface area contributed by atoms with E-state index in [4.69, 9.17) is 14.5 Å². The summed E-state index contributed by atoms with van der Waals surface area (Å²) in [7, 11) is 0. The van der Waals surface area contributed by atoms with Gasteiger partial charge in [0.2, 0.25) is 0 Å². The van der Waals surface area contributed by atoms with Gasteiger partial charge in [-0.15, -0.1) is 0 Å². The summed E-state index contributed by atoms with van der Waals surface area (Å²) in [5.41, 5.74) is 3.25. The van der Waals surface area contributed by atoms with Crippen molar-refractivity contribution >= 4 is 32.6 Å². The fourth-order valence-electron chi connectivity index (χ4n) is 3.27. The Hall–Kier alpha value is -2.44. The van der Waals surface area contributed by atoms with Gasteiger partial charge in [0, 0.05) is 6.61 Å². The lowest BCUT2D eigenvalue weighted by molar-refractivity contribution is -0.120. The highest BCUT2D eigenvalue weighted by molar-refractivity contribution is 7.22. The second-order valence-corrected chi connectivity index (χ2v) is 8.22. The number of aryl methyl sites for hydroxylation is 2. The molecule has 0 spiro atoms. The average Bonchev–Trinajstić information content (AvgIpc) is 3.34. The van der Waals surface area contributed by atoms with Crippen molar-refractivity contribution in [3.05, 3.63) is 53.6 Å². The highest BCUT2D eigenvalue weighted by atomic mass is 32.1. The normalized spacial score (nSPS) is 16.4. The number of hydrogen-bond donors (Lipinski definition) is 0. The summed E-state index contributed by atoms with van der Waals surface area (Å²) in [6.45, 7) is 5.32. The molecule has 0 aliphatic carbocycles. The van der Waals surface area contributed by atoms with Crippen molar-refractivity contribution in [1.29, 1.82) is 0 Å². The van der Waals surface area contributed by atoms with E-state index in [1.54, 1.807) is 4.90 Å². The van der Waals surface area contributed by atoms with Crippen LogP contribution < -0.4 is 9.64 Å². The average molecular weight is 397 g/mol. The predicted molar refractivity (Wildman–Crippen MR) is 112 cm³/mol. The number of anilines is 1. The van der Waals surface area contributed by atoms with E-state index in [9.17, 15) is 4.79 Å². The van der Waals surface area contributed by atoms with Crippen LogP contribution in [-0.4, -0.2) is 36.8 Å². The first-order chi connectivity index (χ1) is 13.6. The third-order valence-electron chi connectivity index (χ3n) is 4.86. The van der Waals surface area contributed by atoms with Crippen LogP contribution in [0.25, 0.3) is 10.2 Å². The second-order valence-electron chi connectivity index (χ2n) is 7.21. The third-order valence-corrected chi connectivity index (χ3v) is 5.90. The third kappa shape index (κ3) is 4.34. The summed E-state index contributed by atoms with van der Waals surface area (Å²) in [5, 5.41) is 0.702. The van der Waals surface area contributed by atoms with Gasteiger partial charge in [-0.2, -0.15) is 0 Å². The largest absolute Gasteiger partial charge is 0.484 e. The molecule has 146 valence electrons. The maximum Gasteiger partial charge on any atom is 0.266 e. The van der Waals surface area contributed by atoms with Gasteiger partial charge >= 0.3 is 0 Å². The molecule has 5 nitrogen and oxygen atoms in total. The molecule has 0 bridgehead atoms. The van der Waals surface area contributed by atoms with Crippen molar-refractivity contribution in [2.24, 2.45) is 0 Å². The Kier molecular flexibility index (Phi) is 5.59. The van der Waals surface area contributed by atoms with Gasteiger partial charge in [-0.25, -0.2) is 4.98 Å². The van der Waals surface area contributed by atoms with E-state index in [2.05, 4.69) is 13.0 Å². The molecule has 1 amide bonds. The van der Waals surface area contributed by atoms with E-state index < -0.39 is 0 Å². The molecule has 2 aromatic carbocycles. The minimum atomic E-state index is -0.105. The van der Waals surface area contributed by atoms with Crippen LogP contribution >= 0.6 is 11.3 Å². The molecular formula is C22H24N2O3S. The first kappa shape index (κ1) is 18.9. The van der Waals surface area contributed by atoms with E-state index in [1.165, 1.54) is 16.9 Å². The second kappa shape index (κ2) is 8.29. The molecule has 1 saturated heterocycles. The molecule has 2 heterocycles. The summed E-state index contributed by atoms with van der Waals surface area (Å²) in [4.78, 5) is 19.5. The van der Waals surface area contributed by atoms with Crippen LogP contribution in [0, 0.1) is 13.8 Å². The van der Waals surface area contributed by atoms with Gasteiger partial charge in [0.15, 0.2) is 11.7 Å². The minimum absolute atomic E-state index is 0.0231. The fraction of sp³-hybridized carbons (Fsp3) is 0.364. The lowest BCUT2D eigenvalue weighted by atomic mass is 10.2. The number of hydrogen-bond acceptors (Lipinski definition) is 5. The zero-order valence-electron chi connectivity index (χ0n) is 16.2. The first-order valence-electron chi connectivity index (χ1n) is 9.57. The number of rotatable bonds is 6. The lowest BCUT2D eigenvalue weighted by Gasteiger charge is -2.23. The van der Waals surface area contributed by atoms with Gasteiger partial charge in [0.1, 0.15) is 5.75 Å². The van der Waals surface area contributed by atoms with Crippen LogP contribution in [0.3, 0.4) is 0 Å². The van der Waals surface area contributed by atoms with E-state index >= 15 is 0 Å². The summed E-state index contributed by atoms with van der Waals surface area (Å²) >= 11 is 1.54. The van der Waals surface area contributed by atoms with Crippen molar-refractivity contribution in [1.82, 2.24) is 4.98 Å². The summed E-state index contributed by atoms with van der Waals surface area (Å²) in [6, 6.07) is 13.9. The Labute approximate surface area is 168 Å². The van der Waals surface area contributed by atoms with Gasteiger partial charge in [-0.1, -0.05) is 35.1 Å². The Morgan fingerprint density at radius 1 is 1.21 bits per heavy atom. The van der Waals surface area contributed by atoms with Gasteiger partial charge in [0.25, 0.3) is 5.91 Å². The number of carbonyl (C=O) groups excluding carboxylic acids is 1. The number of ether oxygens (including phenoxy) is 2. The van der Waals surface area contributed by atoms with Crippen LogP contribution in [0.5, 0.6) is 5.75 Å². The zero-order valence-corrected chi connectivity index (χ0v) is 17.0. The summed E-state index contributed by atoms with van der Waals surface area (Å²) < 4.78 is 12.6. The van der Waals surface area contributed by atoms with Crippen LogP contribution in [-0.2, 0) is 9.53 Å². The van der Waals surface area contributed by atoms with E-state index in [0.29, 0.717) is 17.4 Å². The van der Waals surface area contributed by atoms with Crippen molar-refractivity contribution in [2.75, 3.05) is 24.7 Å². The van der Waals surface area contributed by atoms with Crippen molar-refractivity contribution in [2.45, 2.75) is 32.8 Å². The quantitative estimate of drug-likeness (QED) is 0.615. The Bertz CT molecular complexity index is 962. The fourth-order valence-corrected chi connectivity index (χ4v) is 4.36. The standard InChI is InChI=1S/C22H24N2O3S/c1-15-5-8-17(9-6-15)27-14-21(25)24(13-18-4-3-11-26-18)22-23-19-10-7-16(2)12-20(19)28-22/h5-10,12,18H,3-4,11,13-14H2,1-2H3. The van der Waals surface area contributed by atoms with E-state index in [0.717, 1.165) is 35.2 Å². The van der Waals surface area contributed by atoms with Gasteiger partial charge < -0.3 is 9.47 Å². The van der Waals surface area contributed by atoms with Crippen LogP contribution in [0.4, 0.5) is 5.13 Å². The maximum absolute atomic E-state index is 13.0. The molecule has 1 fully saturated rings. The lowest BCUT2D eigenvalue weighted by Crippen LogP contribution is -2.40. The smallest absolute Gasteiger partial charge is 0.266 e. The number of amides is 1. The molecule has 6 heteroatoms. The van der Waals surface area contributed by atoms with E-state index in [-0.39, 0.29) is 18.6 Å². The monoisotopic (exact) mass is 396 g/mol.